The Hall–Kier alpha value is -1.06. The molecule has 0 saturated heterocycles. The topological polar surface area (TPSA) is 32.7 Å². The smallest absolute Gasteiger partial charge is 0.119 e. The Morgan fingerprint density at radius 1 is 1.14 bits per heavy atom. The van der Waals surface area contributed by atoms with Crippen molar-refractivity contribution >= 4 is 0 Å². The maximum Gasteiger partial charge on any atom is 0.119 e. The predicted octanol–water partition coefficient (Wildman–Crippen LogP) is 3.31. The molecule has 0 radical (unpaired) electrons. The zero-order chi connectivity index (χ0) is 14.8. The molecule has 2 aliphatic rings. The van der Waals surface area contributed by atoms with Crippen LogP contribution in [0.5, 0.6) is 5.75 Å². The summed E-state index contributed by atoms with van der Waals surface area (Å²) in [7, 11) is 3.89. The molecule has 1 fully saturated rings. The van der Waals surface area contributed by atoms with Gasteiger partial charge in [0, 0.05) is 12.1 Å². The van der Waals surface area contributed by atoms with Crippen LogP contribution in [-0.4, -0.2) is 36.2 Å². The Labute approximate surface area is 127 Å². The van der Waals surface area contributed by atoms with Gasteiger partial charge >= 0.3 is 0 Å². The fourth-order valence-electron chi connectivity index (χ4n) is 4.06. The molecule has 3 nitrogen and oxygen atoms in total. The van der Waals surface area contributed by atoms with Crippen LogP contribution in [0.3, 0.4) is 0 Å². The van der Waals surface area contributed by atoms with Crippen LogP contribution in [0.15, 0.2) is 18.2 Å². The third kappa shape index (κ3) is 2.95. The van der Waals surface area contributed by atoms with Gasteiger partial charge in [0.05, 0.1) is 13.2 Å². The van der Waals surface area contributed by atoms with Gasteiger partial charge in [-0.05, 0) is 56.0 Å². The highest BCUT2D eigenvalue weighted by molar-refractivity contribution is 5.39. The van der Waals surface area contributed by atoms with E-state index in [0.29, 0.717) is 6.04 Å². The van der Waals surface area contributed by atoms with Gasteiger partial charge in [-0.3, -0.25) is 4.90 Å². The van der Waals surface area contributed by atoms with Gasteiger partial charge in [0.25, 0.3) is 0 Å². The van der Waals surface area contributed by atoms with Crippen molar-refractivity contribution in [2.75, 3.05) is 14.2 Å². The molecule has 1 aromatic carbocycles. The number of methoxy groups -OCH3 is 1. The van der Waals surface area contributed by atoms with Gasteiger partial charge in [0.2, 0.25) is 0 Å². The normalized spacial score (nSPS) is 26.7. The monoisotopic (exact) mass is 289 g/mol. The minimum absolute atomic E-state index is 0.243. The number of rotatable bonds is 3. The number of nitrogens with zero attached hydrogens (tertiary/aromatic N) is 1. The van der Waals surface area contributed by atoms with Crippen molar-refractivity contribution in [1.82, 2.24) is 4.90 Å². The van der Waals surface area contributed by atoms with Crippen molar-refractivity contribution in [2.24, 2.45) is 0 Å². The fraction of sp³-hybridized carbons (Fsp3) is 0.667. The van der Waals surface area contributed by atoms with E-state index < -0.39 is 6.10 Å². The molecule has 0 spiro atoms. The second-order valence-corrected chi connectivity index (χ2v) is 6.57. The zero-order valence-corrected chi connectivity index (χ0v) is 13.2. The molecule has 2 atom stereocenters. The van der Waals surface area contributed by atoms with Crippen LogP contribution in [0.2, 0.25) is 0 Å². The summed E-state index contributed by atoms with van der Waals surface area (Å²) in [4.78, 5) is 2.45. The average Bonchev–Trinajstić information content (AvgIpc) is 2.55. The molecular formula is C18H27NO2. The minimum Gasteiger partial charge on any atom is -0.497 e. The maximum absolute atomic E-state index is 10.8. The van der Waals surface area contributed by atoms with Gasteiger partial charge in [-0.1, -0.05) is 25.3 Å². The molecule has 2 unspecified atom stereocenters. The molecular weight excluding hydrogens is 262 g/mol. The summed E-state index contributed by atoms with van der Waals surface area (Å²) in [5, 5.41) is 10.8. The second-order valence-electron chi connectivity index (χ2n) is 6.57. The van der Waals surface area contributed by atoms with Crippen molar-refractivity contribution in [2.45, 2.75) is 63.1 Å². The molecule has 0 aliphatic heterocycles. The molecule has 1 aromatic rings. The largest absolute Gasteiger partial charge is 0.497 e. The van der Waals surface area contributed by atoms with Gasteiger partial charge in [0.15, 0.2) is 0 Å². The van der Waals surface area contributed by atoms with Gasteiger partial charge in [-0.15, -0.1) is 0 Å². The van der Waals surface area contributed by atoms with Crippen LogP contribution < -0.4 is 4.74 Å². The van der Waals surface area contributed by atoms with E-state index in [1.165, 1.54) is 37.7 Å². The molecule has 1 N–H and O–H groups in total. The molecule has 21 heavy (non-hydrogen) atoms. The molecule has 0 amide bonds. The summed E-state index contributed by atoms with van der Waals surface area (Å²) in [6.07, 6.45) is 8.32. The summed E-state index contributed by atoms with van der Waals surface area (Å²) in [5.74, 6) is 0.841. The highest BCUT2D eigenvalue weighted by Crippen LogP contribution is 2.36. The number of aliphatic hydroxyl groups excluding tert-OH is 1. The Morgan fingerprint density at radius 3 is 2.62 bits per heavy atom. The zero-order valence-electron chi connectivity index (χ0n) is 13.2. The van der Waals surface area contributed by atoms with Crippen molar-refractivity contribution < 1.29 is 9.84 Å². The third-order valence-electron chi connectivity index (χ3n) is 5.42. The first-order valence-corrected chi connectivity index (χ1v) is 8.27. The number of benzene rings is 1. The van der Waals surface area contributed by atoms with E-state index >= 15 is 0 Å². The Bertz CT molecular complexity index is 482. The lowest BCUT2D eigenvalue weighted by molar-refractivity contribution is 0.0187. The standard InChI is InChI=1S/C18H27NO2/c1-19(14-6-4-3-5-7-14)17-11-9-13-8-10-15(21-2)12-16(13)18(17)20/h8,10,12,14,17-18,20H,3-7,9,11H2,1-2H3. The second kappa shape index (κ2) is 6.37. The summed E-state index contributed by atoms with van der Waals surface area (Å²) in [6.45, 7) is 0. The van der Waals surface area contributed by atoms with Gasteiger partial charge < -0.3 is 9.84 Å². The highest BCUT2D eigenvalue weighted by atomic mass is 16.5. The molecule has 3 rings (SSSR count). The van der Waals surface area contributed by atoms with Gasteiger partial charge in [-0.25, -0.2) is 0 Å². The number of hydrogen-bond donors (Lipinski definition) is 1. The maximum atomic E-state index is 10.8. The van der Waals surface area contributed by atoms with Crippen LogP contribution in [0.1, 0.15) is 55.8 Å². The number of aryl methyl sites for hydroxylation is 1. The summed E-state index contributed by atoms with van der Waals surface area (Å²) in [5.41, 5.74) is 2.34. The molecule has 0 heterocycles. The first-order chi connectivity index (χ1) is 10.2. The van der Waals surface area contributed by atoms with E-state index in [4.69, 9.17) is 4.74 Å². The van der Waals surface area contributed by atoms with Crippen LogP contribution in [0.25, 0.3) is 0 Å². The molecule has 3 heteroatoms. The first kappa shape index (κ1) is 14.9. The van der Waals surface area contributed by atoms with Crippen molar-refractivity contribution in [3.05, 3.63) is 29.3 Å². The molecule has 0 aromatic heterocycles. The van der Waals surface area contributed by atoms with Crippen molar-refractivity contribution in [1.29, 1.82) is 0 Å². The van der Waals surface area contributed by atoms with E-state index in [9.17, 15) is 5.11 Å². The number of fused-ring (bicyclic) bond motifs is 1. The van der Waals surface area contributed by atoms with E-state index in [1.807, 2.05) is 12.1 Å². The van der Waals surface area contributed by atoms with E-state index in [1.54, 1.807) is 7.11 Å². The Morgan fingerprint density at radius 2 is 1.90 bits per heavy atom. The number of hydrogen-bond acceptors (Lipinski definition) is 3. The number of likely N-dealkylation sites (N-methyl/N-ethyl adjacent to an activating group) is 1. The van der Waals surface area contributed by atoms with Crippen LogP contribution in [0.4, 0.5) is 0 Å². The van der Waals surface area contributed by atoms with Crippen molar-refractivity contribution in [3.8, 4) is 5.75 Å². The van der Waals surface area contributed by atoms with E-state index in [0.717, 1.165) is 24.2 Å². The first-order valence-electron chi connectivity index (χ1n) is 8.27. The van der Waals surface area contributed by atoms with Gasteiger partial charge in [-0.2, -0.15) is 0 Å². The summed E-state index contributed by atoms with van der Waals surface area (Å²) < 4.78 is 5.32. The molecule has 0 bridgehead atoms. The molecule has 1 saturated carbocycles. The quantitative estimate of drug-likeness (QED) is 0.926. The van der Waals surface area contributed by atoms with Crippen LogP contribution in [-0.2, 0) is 6.42 Å². The third-order valence-corrected chi connectivity index (χ3v) is 5.42. The number of aliphatic hydroxyl groups is 1. The Balaban J connectivity index is 1.78. The van der Waals surface area contributed by atoms with Gasteiger partial charge in [0.1, 0.15) is 5.75 Å². The predicted molar refractivity (Wildman–Crippen MR) is 84.7 cm³/mol. The average molecular weight is 289 g/mol. The minimum atomic E-state index is -0.393. The number of ether oxygens (including phenoxy) is 1. The summed E-state index contributed by atoms with van der Waals surface area (Å²) in [6, 6.07) is 7.00. The van der Waals surface area contributed by atoms with E-state index in [2.05, 4.69) is 18.0 Å². The van der Waals surface area contributed by atoms with E-state index in [-0.39, 0.29) is 6.04 Å². The fourth-order valence-corrected chi connectivity index (χ4v) is 4.06. The molecule has 116 valence electrons. The van der Waals surface area contributed by atoms with Crippen molar-refractivity contribution in [3.63, 3.8) is 0 Å². The van der Waals surface area contributed by atoms with Crippen LogP contribution in [0, 0.1) is 0 Å². The Kier molecular flexibility index (Phi) is 4.51. The lowest BCUT2D eigenvalue weighted by atomic mass is 9.83. The SMILES string of the molecule is COc1ccc2c(c1)C(O)C(N(C)C1CCCCC1)CC2. The molecule has 2 aliphatic carbocycles. The highest BCUT2D eigenvalue weighted by Gasteiger charge is 2.34. The lowest BCUT2D eigenvalue weighted by Gasteiger charge is -2.42. The lowest BCUT2D eigenvalue weighted by Crippen LogP contribution is -2.46. The summed E-state index contributed by atoms with van der Waals surface area (Å²) >= 11 is 0. The van der Waals surface area contributed by atoms with Crippen LogP contribution >= 0.6 is 0 Å².